The molecule has 1 aliphatic heterocycles. The normalized spacial score (nSPS) is 17.7. The van der Waals surface area contributed by atoms with E-state index in [1.807, 2.05) is 48.5 Å². The van der Waals surface area contributed by atoms with E-state index in [9.17, 15) is 14.7 Å². The number of anilines is 1. The van der Waals surface area contributed by atoms with Gasteiger partial charge >= 0.3 is 0 Å². The minimum Gasteiger partial charge on any atom is -0.507 e. The summed E-state index contributed by atoms with van der Waals surface area (Å²) < 4.78 is 0. The van der Waals surface area contributed by atoms with E-state index in [1.165, 1.54) is 4.90 Å². The number of hydrogen-bond acceptors (Lipinski definition) is 3. The van der Waals surface area contributed by atoms with Crippen LogP contribution in [0.1, 0.15) is 67.8 Å². The molecule has 1 fully saturated rings. The molecule has 1 N–H and O–H groups in total. The van der Waals surface area contributed by atoms with Gasteiger partial charge in [0.05, 0.1) is 11.6 Å². The summed E-state index contributed by atoms with van der Waals surface area (Å²) in [5, 5.41) is 11.6. The lowest BCUT2D eigenvalue weighted by Crippen LogP contribution is -2.29. The summed E-state index contributed by atoms with van der Waals surface area (Å²) in [7, 11) is 0. The Labute approximate surface area is 205 Å². The third kappa shape index (κ3) is 4.38. The molecule has 1 heterocycles. The number of carbonyl (C=O) groups is 2. The number of amides is 1. The first-order valence-electron chi connectivity index (χ1n) is 11.5. The minimum atomic E-state index is -0.759. The second kappa shape index (κ2) is 9.47. The molecule has 0 saturated carbocycles. The number of ketones is 1. The third-order valence-corrected chi connectivity index (χ3v) is 6.53. The maximum Gasteiger partial charge on any atom is 0.300 e. The number of aliphatic hydroxyl groups excluding tert-OH is 1. The van der Waals surface area contributed by atoms with Crippen LogP contribution in [0.25, 0.3) is 5.76 Å². The molecule has 5 heteroatoms. The Morgan fingerprint density at radius 3 is 1.94 bits per heavy atom. The standard InChI is InChI=1S/C29H28ClNO3/c1-17(2)19-8-10-21(11-9-19)26-25(27(32)22-6-5-7-23(30)16-22)28(33)29(34)31(26)24-14-12-20(13-15-24)18(3)4/h5-18,26,32H,1-4H3/b27-25-. The average Bonchev–Trinajstić information content (AvgIpc) is 3.09. The van der Waals surface area contributed by atoms with E-state index in [4.69, 9.17) is 11.6 Å². The van der Waals surface area contributed by atoms with E-state index in [0.29, 0.717) is 28.1 Å². The summed E-state index contributed by atoms with van der Waals surface area (Å²) in [6, 6.07) is 21.4. The first-order valence-corrected chi connectivity index (χ1v) is 11.8. The third-order valence-electron chi connectivity index (χ3n) is 6.30. The highest BCUT2D eigenvalue weighted by molar-refractivity contribution is 6.51. The number of Topliss-reactive ketones (excluding diaryl/α,β-unsaturated/α-hetero) is 1. The molecule has 0 bridgehead atoms. The SMILES string of the molecule is CC(C)c1ccc(C2/C(=C(/O)c3cccc(Cl)c3)C(=O)C(=O)N2c2ccc(C(C)C)cc2)cc1. The fourth-order valence-electron chi connectivity index (χ4n) is 4.29. The summed E-state index contributed by atoms with van der Waals surface area (Å²) >= 11 is 6.13. The number of nitrogens with zero attached hydrogens (tertiary/aromatic N) is 1. The molecular weight excluding hydrogens is 446 g/mol. The molecule has 1 atom stereocenters. The number of hydrogen-bond donors (Lipinski definition) is 1. The summed E-state index contributed by atoms with van der Waals surface area (Å²) in [5.41, 5.74) is 4.09. The van der Waals surface area contributed by atoms with Gasteiger partial charge < -0.3 is 5.11 Å². The van der Waals surface area contributed by atoms with Crippen molar-refractivity contribution in [3.63, 3.8) is 0 Å². The van der Waals surface area contributed by atoms with Crippen molar-refractivity contribution in [1.82, 2.24) is 0 Å². The smallest absolute Gasteiger partial charge is 0.300 e. The Balaban J connectivity index is 1.90. The highest BCUT2D eigenvalue weighted by Crippen LogP contribution is 2.42. The lowest BCUT2D eigenvalue weighted by atomic mass is 9.93. The fraction of sp³-hybridized carbons (Fsp3) is 0.241. The van der Waals surface area contributed by atoms with Crippen molar-refractivity contribution in [3.05, 3.63) is 106 Å². The molecule has 4 nitrogen and oxygen atoms in total. The maximum atomic E-state index is 13.3. The average molecular weight is 474 g/mol. The van der Waals surface area contributed by atoms with Gasteiger partial charge in [0.1, 0.15) is 5.76 Å². The highest BCUT2D eigenvalue weighted by Gasteiger charge is 2.47. The van der Waals surface area contributed by atoms with Crippen LogP contribution in [0, 0.1) is 0 Å². The molecule has 1 unspecified atom stereocenters. The summed E-state index contributed by atoms with van der Waals surface area (Å²) in [6.07, 6.45) is 0. The molecule has 3 aromatic rings. The van der Waals surface area contributed by atoms with Crippen LogP contribution in [0.4, 0.5) is 5.69 Å². The zero-order chi connectivity index (χ0) is 24.6. The highest BCUT2D eigenvalue weighted by atomic mass is 35.5. The van der Waals surface area contributed by atoms with E-state index >= 15 is 0 Å². The number of halogens is 1. The van der Waals surface area contributed by atoms with Gasteiger partial charge in [-0.05, 0) is 52.8 Å². The van der Waals surface area contributed by atoms with Crippen molar-refractivity contribution < 1.29 is 14.7 Å². The molecule has 1 saturated heterocycles. The molecule has 4 rings (SSSR count). The van der Waals surface area contributed by atoms with E-state index in [2.05, 4.69) is 27.7 Å². The first kappa shape index (κ1) is 23.8. The molecule has 0 aliphatic carbocycles. The van der Waals surface area contributed by atoms with Gasteiger partial charge in [0, 0.05) is 16.3 Å². The van der Waals surface area contributed by atoms with Crippen LogP contribution in [-0.2, 0) is 9.59 Å². The van der Waals surface area contributed by atoms with Crippen LogP contribution < -0.4 is 4.90 Å². The van der Waals surface area contributed by atoms with Gasteiger partial charge in [0.2, 0.25) is 0 Å². The van der Waals surface area contributed by atoms with E-state index in [0.717, 1.165) is 16.7 Å². The number of rotatable bonds is 5. The summed E-state index contributed by atoms with van der Waals surface area (Å²) in [4.78, 5) is 28.1. The number of carbonyl (C=O) groups excluding carboxylic acids is 2. The monoisotopic (exact) mass is 473 g/mol. The molecule has 1 aliphatic rings. The van der Waals surface area contributed by atoms with E-state index in [-0.39, 0.29) is 11.3 Å². The molecule has 0 aromatic heterocycles. The molecule has 3 aromatic carbocycles. The Kier molecular flexibility index (Phi) is 6.63. The topological polar surface area (TPSA) is 57.6 Å². The van der Waals surface area contributed by atoms with Crippen molar-refractivity contribution in [1.29, 1.82) is 0 Å². The van der Waals surface area contributed by atoms with Crippen molar-refractivity contribution in [3.8, 4) is 0 Å². The Morgan fingerprint density at radius 1 is 0.853 bits per heavy atom. The second-order valence-electron chi connectivity index (χ2n) is 9.25. The van der Waals surface area contributed by atoms with Crippen molar-refractivity contribution >= 4 is 34.7 Å². The van der Waals surface area contributed by atoms with Crippen molar-refractivity contribution in [2.24, 2.45) is 0 Å². The predicted molar refractivity (Wildman–Crippen MR) is 137 cm³/mol. The Hall–Kier alpha value is -3.37. The first-order chi connectivity index (χ1) is 16.2. The molecule has 34 heavy (non-hydrogen) atoms. The van der Waals surface area contributed by atoms with Gasteiger partial charge in [-0.25, -0.2) is 0 Å². The molecule has 0 spiro atoms. The fourth-order valence-corrected chi connectivity index (χ4v) is 4.48. The number of benzene rings is 3. The quantitative estimate of drug-likeness (QED) is 0.242. The Bertz CT molecular complexity index is 1260. The van der Waals surface area contributed by atoms with Gasteiger partial charge in [0.15, 0.2) is 0 Å². The van der Waals surface area contributed by atoms with Crippen LogP contribution in [0.2, 0.25) is 5.02 Å². The van der Waals surface area contributed by atoms with Crippen molar-refractivity contribution in [2.45, 2.75) is 45.6 Å². The van der Waals surface area contributed by atoms with Gasteiger partial charge in [-0.2, -0.15) is 0 Å². The lowest BCUT2D eigenvalue weighted by Gasteiger charge is -2.26. The van der Waals surface area contributed by atoms with Gasteiger partial charge in [0.25, 0.3) is 11.7 Å². The van der Waals surface area contributed by atoms with Crippen LogP contribution in [0.15, 0.2) is 78.4 Å². The maximum absolute atomic E-state index is 13.3. The van der Waals surface area contributed by atoms with Crippen LogP contribution in [0.3, 0.4) is 0 Å². The zero-order valence-electron chi connectivity index (χ0n) is 19.7. The Morgan fingerprint density at radius 2 is 1.41 bits per heavy atom. The van der Waals surface area contributed by atoms with Crippen LogP contribution in [0.5, 0.6) is 0 Å². The van der Waals surface area contributed by atoms with Crippen LogP contribution >= 0.6 is 11.6 Å². The van der Waals surface area contributed by atoms with Gasteiger partial charge in [-0.15, -0.1) is 0 Å². The second-order valence-corrected chi connectivity index (χ2v) is 9.68. The minimum absolute atomic E-state index is 0.0532. The molecule has 0 radical (unpaired) electrons. The van der Waals surface area contributed by atoms with E-state index in [1.54, 1.807) is 24.3 Å². The van der Waals surface area contributed by atoms with Crippen molar-refractivity contribution in [2.75, 3.05) is 4.90 Å². The largest absolute Gasteiger partial charge is 0.507 e. The van der Waals surface area contributed by atoms with Gasteiger partial charge in [-0.3, -0.25) is 14.5 Å². The lowest BCUT2D eigenvalue weighted by molar-refractivity contribution is -0.132. The molecule has 174 valence electrons. The summed E-state index contributed by atoms with van der Waals surface area (Å²) in [5.74, 6) is -0.940. The molecular formula is C29H28ClNO3. The van der Waals surface area contributed by atoms with Crippen LogP contribution in [-0.4, -0.2) is 16.8 Å². The predicted octanol–water partition coefficient (Wildman–Crippen LogP) is 7.21. The summed E-state index contributed by atoms with van der Waals surface area (Å²) in [6.45, 7) is 8.41. The zero-order valence-corrected chi connectivity index (χ0v) is 20.5. The van der Waals surface area contributed by atoms with Gasteiger partial charge in [-0.1, -0.05) is 87.8 Å². The van der Waals surface area contributed by atoms with E-state index < -0.39 is 17.7 Å². The molecule has 1 amide bonds. The number of aliphatic hydroxyl groups is 1.